The van der Waals surface area contributed by atoms with Crippen LogP contribution in [-0.4, -0.2) is 37.2 Å². The van der Waals surface area contributed by atoms with Gasteiger partial charge in [-0.1, -0.05) is 233 Å². The van der Waals surface area contributed by atoms with Crippen LogP contribution in [0, 0.1) is 0 Å². The normalized spacial score (nSPS) is 12.9. The van der Waals surface area contributed by atoms with Gasteiger partial charge in [-0.15, -0.1) is 0 Å². The van der Waals surface area contributed by atoms with Crippen LogP contribution < -0.4 is 0 Å². The van der Waals surface area contributed by atoms with Gasteiger partial charge in [-0.25, -0.2) is 0 Å². The van der Waals surface area contributed by atoms with Crippen LogP contribution in [0.3, 0.4) is 0 Å². The Labute approximate surface area is 425 Å². The fourth-order valence-corrected chi connectivity index (χ4v) is 7.50. The number of carbonyl (C=O) groups excluding carboxylic acids is 3. The second kappa shape index (κ2) is 56.7. The highest BCUT2D eigenvalue weighted by Crippen LogP contribution is 2.14. The van der Waals surface area contributed by atoms with Crippen molar-refractivity contribution in [2.75, 3.05) is 13.2 Å². The predicted octanol–water partition coefficient (Wildman–Crippen LogP) is 19.1. The monoisotopic (exact) mass is 957 g/mol. The summed E-state index contributed by atoms with van der Waals surface area (Å²) in [6.07, 6.45) is 76.6. The van der Waals surface area contributed by atoms with Crippen molar-refractivity contribution in [3.8, 4) is 0 Å². The van der Waals surface area contributed by atoms with E-state index in [0.29, 0.717) is 19.3 Å². The Kier molecular flexibility index (Phi) is 53.4. The Hall–Kier alpha value is -3.93. The Morgan fingerprint density at radius 1 is 0.304 bits per heavy atom. The minimum Gasteiger partial charge on any atom is -0.462 e. The molecule has 0 aliphatic carbocycles. The third-order valence-electron chi connectivity index (χ3n) is 11.7. The van der Waals surface area contributed by atoms with Gasteiger partial charge in [-0.05, 0) is 109 Å². The molecule has 0 saturated heterocycles. The van der Waals surface area contributed by atoms with E-state index in [4.69, 9.17) is 14.2 Å². The number of unbranched alkanes of at least 4 members (excludes halogenated alkanes) is 21. The molecule has 1 unspecified atom stereocenters. The summed E-state index contributed by atoms with van der Waals surface area (Å²) in [5.41, 5.74) is 0. The van der Waals surface area contributed by atoms with Crippen LogP contribution in [0.5, 0.6) is 0 Å². The molecule has 0 bridgehead atoms. The maximum Gasteiger partial charge on any atom is 0.306 e. The fourth-order valence-electron chi connectivity index (χ4n) is 7.50. The lowest BCUT2D eigenvalue weighted by atomic mass is 10.1. The van der Waals surface area contributed by atoms with Crippen molar-refractivity contribution in [3.63, 3.8) is 0 Å². The van der Waals surface area contributed by atoms with Gasteiger partial charge < -0.3 is 14.2 Å². The third-order valence-corrected chi connectivity index (χ3v) is 11.7. The molecule has 0 rings (SSSR count). The summed E-state index contributed by atoms with van der Waals surface area (Å²) in [6, 6.07) is 0. The zero-order valence-corrected chi connectivity index (χ0v) is 44.8. The van der Waals surface area contributed by atoms with Gasteiger partial charge in [0, 0.05) is 19.3 Å². The molecule has 0 radical (unpaired) electrons. The highest BCUT2D eigenvalue weighted by Gasteiger charge is 2.19. The van der Waals surface area contributed by atoms with Crippen LogP contribution >= 0.6 is 0 Å². The van der Waals surface area contributed by atoms with Gasteiger partial charge in [0.05, 0.1) is 0 Å². The first-order chi connectivity index (χ1) is 34.0. The minimum atomic E-state index is -0.817. The summed E-state index contributed by atoms with van der Waals surface area (Å²) in [7, 11) is 0. The molecule has 0 aliphatic rings. The smallest absolute Gasteiger partial charge is 0.306 e. The molecule has 6 heteroatoms. The molecule has 0 saturated carbocycles. The van der Waals surface area contributed by atoms with Crippen LogP contribution in [-0.2, 0) is 28.6 Å². The van der Waals surface area contributed by atoms with Gasteiger partial charge in [0.1, 0.15) is 13.2 Å². The number of hydrogen-bond donors (Lipinski definition) is 0. The molecule has 0 aromatic carbocycles. The molecule has 0 aliphatic heterocycles. The number of hydrogen-bond acceptors (Lipinski definition) is 6. The quantitative estimate of drug-likeness (QED) is 0.0262. The van der Waals surface area contributed by atoms with Crippen molar-refractivity contribution in [1.29, 1.82) is 0 Å². The third kappa shape index (κ3) is 54.9. The zero-order valence-electron chi connectivity index (χ0n) is 44.8. The molecule has 0 spiro atoms. The zero-order chi connectivity index (χ0) is 50.0. The lowest BCUT2D eigenvalue weighted by Gasteiger charge is -2.18. The SMILES string of the molecule is CC/C=C\C/C=C\C/C=C\C/C=C\C/C=C\C/C=C\CCC(=O)OCC(COC(=O)CCCCCCC/C=C\C/C=C\CCC)OC(=O)CCCCCCCCCCC/C=C\CCCCCCCC. The lowest BCUT2D eigenvalue weighted by molar-refractivity contribution is -0.166. The van der Waals surface area contributed by atoms with E-state index in [-0.39, 0.29) is 37.5 Å². The standard InChI is InChI=1S/C63H104O6/c1-4-7-10-13-16-19-22-25-27-29-31-33-35-38-41-44-47-50-53-56-62(65)68-59-60(58-67-61(64)55-52-49-46-43-40-37-24-21-18-15-12-9-6-3)69-63(66)57-54-51-48-45-42-39-36-34-32-30-28-26-23-20-17-14-11-8-5-2/h7,10,12,15-16,19,21,24-28,31,33,38,41,47,50,60H,4-6,8-9,11,13-14,17-18,20,22-23,29-30,32,34-37,39-40,42-46,48-49,51-59H2,1-3H3/b10-7-,15-12-,19-16-,24-21-,27-25-,28-26-,33-31-,41-38-,50-47-. The van der Waals surface area contributed by atoms with Gasteiger partial charge in [0.25, 0.3) is 0 Å². The molecule has 0 fully saturated rings. The molecule has 0 aromatic heterocycles. The second-order valence-corrected chi connectivity index (χ2v) is 18.5. The Balaban J connectivity index is 4.50. The molecule has 392 valence electrons. The van der Waals surface area contributed by atoms with Crippen molar-refractivity contribution >= 4 is 17.9 Å². The maximum absolute atomic E-state index is 12.9. The maximum atomic E-state index is 12.9. The Morgan fingerprint density at radius 3 is 1.04 bits per heavy atom. The average molecular weight is 958 g/mol. The number of allylic oxidation sites excluding steroid dienone is 18. The molecule has 0 N–H and O–H groups in total. The molecule has 69 heavy (non-hydrogen) atoms. The number of ether oxygens (including phenoxy) is 3. The number of esters is 3. The molecule has 6 nitrogen and oxygen atoms in total. The first kappa shape index (κ1) is 65.1. The highest BCUT2D eigenvalue weighted by atomic mass is 16.6. The van der Waals surface area contributed by atoms with Crippen molar-refractivity contribution in [3.05, 3.63) is 109 Å². The second-order valence-electron chi connectivity index (χ2n) is 18.5. The van der Waals surface area contributed by atoms with Crippen LogP contribution in [0.4, 0.5) is 0 Å². The van der Waals surface area contributed by atoms with Crippen LogP contribution in [0.1, 0.15) is 252 Å². The van der Waals surface area contributed by atoms with Crippen molar-refractivity contribution in [1.82, 2.24) is 0 Å². The molecule has 0 heterocycles. The van der Waals surface area contributed by atoms with Crippen molar-refractivity contribution in [2.45, 2.75) is 258 Å². The molecular weight excluding hydrogens is 853 g/mol. The van der Waals surface area contributed by atoms with Gasteiger partial charge in [0.2, 0.25) is 0 Å². The topological polar surface area (TPSA) is 78.9 Å². The van der Waals surface area contributed by atoms with Crippen molar-refractivity contribution in [2.24, 2.45) is 0 Å². The summed E-state index contributed by atoms with van der Waals surface area (Å²) in [4.78, 5) is 38.1. The minimum absolute atomic E-state index is 0.111. The van der Waals surface area contributed by atoms with E-state index in [1.165, 1.54) is 96.3 Å². The Bertz CT molecular complexity index is 1420. The molecule has 0 amide bonds. The van der Waals surface area contributed by atoms with E-state index in [0.717, 1.165) is 109 Å². The largest absolute Gasteiger partial charge is 0.462 e. The molecule has 1 atom stereocenters. The number of rotatable bonds is 50. The van der Waals surface area contributed by atoms with E-state index in [9.17, 15) is 14.4 Å². The fraction of sp³-hybridized carbons (Fsp3) is 0.667. The summed E-state index contributed by atoms with van der Waals surface area (Å²) in [5, 5.41) is 0. The summed E-state index contributed by atoms with van der Waals surface area (Å²) in [5.74, 6) is -1.01. The van der Waals surface area contributed by atoms with E-state index in [1.54, 1.807) is 0 Å². The molecule has 0 aromatic rings. The van der Waals surface area contributed by atoms with Gasteiger partial charge >= 0.3 is 17.9 Å². The van der Waals surface area contributed by atoms with Crippen molar-refractivity contribution < 1.29 is 28.6 Å². The van der Waals surface area contributed by atoms with E-state index < -0.39 is 6.10 Å². The van der Waals surface area contributed by atoms with Crippen LogP contribution in [0.25, 0.3) is 0 Å². The van der Waals surface area contributed by atoms with Gasteiger partial charge in [-0.2, -0.15) is 0 Å². The lowest BCUT2D eigenvalue weighted by Crippen LogP contribution is -2.30. The summed E-state index contributed by atoms with van der Waals surface area (Å²) in [6.45, 7) is 6.38. The highest BCUT2D eigenvalue weighted by molar-refractivity contribution is 5.71. The van der Waals surface area contributed by atoms with E-state index in [1.807, 2.05) is 6.08 Å². The van der Waals surface area contributed by atoms with Crippen LogP contribution in [0.15, 0.2) is 109 Å². The summed E-state index contributed by atoms with van der Waals surface area (Å²) < 4.78 is 16.8. The van der Waals surface area contributed by atoms with E-state index >= 15 is 0 Å². The van der Waals surface area contributed by atoms with E-state index in [2.05, 4.69) is 124 Å². The van der Waals surface area contributed by atoms with Crippen LogP contribution in [0.2, 0.25) is 0 Å². The van der Waals surface area contributed by atoms with Gasteiger partial charge in [0.15, 0.2) is 6.10 Å². The van der Waals surface area contributed by atoms with Gasteiger partial charge in [-0.3, -0.25) is 14.4 Å². The first-order valence-corrected chi connectivity index (χ1v) is 28.4. The molecular formula is C63H104O6. The average Bonchev–Trinajstić information content (AvgIpc) is 3.35. The number of carbonyl (C=O) groups is 3. The summed E-state index contributed by atoms with van der Waals surface area (Å²) >= 11 is 0. The Morgan fingerprint density at radius 2 is 0.623 bits per heavy atom. The first-order valence-electron chi connectivity index (χ1n) is 28.4. The predicted molar refractivity (Wildman–Crippen MR) is 297 cm³/mol.